The monoisotopic (exact) mass is 488 g/mol. The number of carbonyl (C=O) groups excluding carboxylic acids is 1. The first-order valence-electron chi connectivity index (χ1n) is 13.4. The quantitative estimate of drug-likeness (QED) is 0.707. The van der Waals surface area contributed by atoms with Crippen molar-refractivity contribution in [1.29, 1.82) is 0 Å². The lowest BCUT2D eigenvalue weighted by Gasteiger charge is -2.41. The summed E-state index contributed by atoms with van der Waals surface area (Å²) in [5.41, 5.74) is 12.0. The van der Waals surface area contributed by atoms with Crippen molar-refractivity contribution in [2.75, 3.05) is 36.0 Å². The van der Waals surface area contributed by atoms with Crippen molar-refractivity contribution in [3.05, 3.63) is 46.9 Å². The predicted molar refractivity (Wildman–Crippen MR) is 141 cm³/mol. The molecule has 4 aliphatic rings. The van der Waals surface area contributed by atoms with Crippen molar-refractivity contribution in [1.82, 2.24) is 9.97 Å². The van der Waals surface area contributed by atoms with Crippen LogP contribution in [0, 0.1) is 5.41 Å². The molecule has 8 heteroatoms. The Hall–Kier alpha value is -2.84. The van der Waals surface area contributed by atoms with E-state index in [9.17, 15) is 4.79 Å². The molecule has 1 aromatic carbocycles. The fourth-order valence-corrected chi connectivity index (χ4v) is 6.38. The van der Waals surface area contributed by atoms with Gasteiger partial charge in [0, 0.05) is 49.6 Å². The number of piperidine rings is 1. The molecule has 2 fully saturated rings. The molecule has 1 aromatic heterocycles. The van der Waals surface area contributed by atoms with Crippen LogP contribution in [-0.4, -0.2) is 60.0 Å². The number of anilines is 2. The van der Waals surface area contributed by atoms with Gasteiger partial charge in [0.1, 0.15) is 17.3 Å². The highest BCUT2D eigenvalue weighted by molar-refractivity contribution is 6.11. The third-order valence-corrected chi connectivity index (χ3v) is 8.74. The van der Waals surface area contributed by atoms with Crippen LogP contribution in [0.3, 0.4) is 0 Å². The predicted octanol–water partition coefficient (Wildman–Crippen LogP) is 3.04. The molecule has 0 bridgehead atoms. The van der Waals surface area contributed by atoms with E-state index in [-0.39, 0.29) is 23.3 Å². The van der Waals surface area contributed by atoms with Crippen molar-refractivity contribution in [2.45, 2.75) is 71.1 Å². The van der Waals surface area contributed by atoms with Gasteiger partial charge >= 0.3 is 0 Å². The molecule has 1 spiro atoms. The second-order valence-electron chi connectivity index (χ2n) is 10.8. The maximum atomic E-state index is 12.2. The number of amidine groups is 1. The van der Waals surface area contributed by atoms with Gasteiger partial charge in [0.2, 0.25) is 0 Å². The number of ether oxygens (including phenoxy) is 1. The zero-order valence-electron chi connectivity index (χ0n) is 21.4. The van der Waals surface area contributed by atoms with E-state index in [1.807, 2.05) is 13.1 Å². The summed E-state index contributed by atoms with van der Waals surface area (Å²) in [4.78, 5) is 31.6. The van der Waals surface area contributed by atoms with E-state index >= 15 is 0 Å². The second kappa shape index (κ2) is 9.23. The van der Waals surface area contributed by atoms with Crippen LogP contribution in [0.4, 0.5) is 11.5 Å². The smallest absolute Gasteiger partial charge is 0.156 e. The van der Waals surface area contributed by atoms with Gasteiger partial charge in [0.25, 0.3) is 0 Å². The maximum absolute atomic E-state index is 12.2. The molecule has 8 nitrogen and oxygen atoms in total. The van der Waals surface area contributed by atoms with Crippen molar-refractivity contribution < 1.29 is 9.53 Å². The minimum atomic E-state index is 0.0958. The number of hydrogen-bond acceptors (Lipinski definition) is 8. The van der Waals surface area contributed by atoms with E-state index in [1.165, 1.54) is 5.56 Å². The molecule has 0 aliphatic carbocycles. The number of Topliss-reactive ketones (excluding diaryl/α,β-unsaturated/α-hetero) is 1. The van der Waals surface area contributed by atoms with Crippen LogP contribution in [0.5, 0.6) is 0 Å². The van der Waals surface area contributed by atoms with E-state index in [1.54, 1.807) is 0 Å². The number of nitrogens with two attached hydrogens (primary N) is 1. The Bertz CT molecular complexity index is 1200. The van der Waals surface area contributed by atoms with Gasteiger partial charge in [0.05, 0.1) is 31.1 Å². The third-order valence-electron chi connectivity index (χ3n) is 8.74. The first-order valence-corrected chi connectivity index (χ1v) is 13.4. The maximum Gasteiger partial charge on any atom is 0.156 e. The van der Waals surface area contributed by atoms with Gasteiger partial charge < -0.3 is 20.3 Å². The van der Waals surface area contributed by atoms with Gasteiger partial charge in [-0.3, -0.25) is 9.79 Å². The molecule has 0 saturated carbocycles. The standard InChI is InChI=1S/C28H36N6O2/c1-3-20(35)14-19-6-4-8-23-21(19)7-5-11-34(23)27-25-22(15-31-27)32-24(16-30-25)33-12-9-28(10-13-33)17-36-18(2)26(28)29/h4,6,8,16,18,26H,3,5,7,9-15,17,29H2,1-2H3/t18-,26+/m0/s1. The molecule has 0 amide bonds. The Morgan fingerprint density at radius 1 is 1.25 bits per heavy atom. The van der Waals surface area contributed by atoms with E-state index in [0.29, 0.717) is 19.4 Å². The van der Waals surface area contributed by atoms with E-state index in [4.69, 9.17) is 25.4 Å². The largest absolute Gasteiger partial charge is 0.376 e. The van der Waals surface area contributed by atoms with Gasteiger partial charge in [-0.05, 0) is 49.8 Å². The van der Waals surface area contributed by atoms with Crippen molar-refractivity contribution in [3.8, 4) is 0 Å². The highest BCUT2D eigenvalue weighted by Crippen LogP contribution is 2.42. The zero-order valence-corrected chi connectivity index (χ0v) is 21.4. The molecule has 2 aromatic rings. The van der Waals surface area contributed by atoms with Gasteiger partial charge in [-0.2, -0.15) is 0 Å². The van der Waals surface area contributed by atoms with Crippen LogP contribution in [0.1, 0.15) is 62.0 Å². The third kappa shape index (κ3) is 3.91. The van der Waals surface area contributed by atoms with Gasteiger partial charge in [-0.25, -0.2) is 9.97 Å². The van der Waals surface area contributed by atoms with Crippen molar-refractivity contribution in [3.63, 3.8) is 0 Å². The fraction of sp³-hybridized carbons (Fsp3) is 0.571. The Labute approximate surface area is 213 Å². The SMILES string of the molecule is CCC(=O)Cc1cccc2c1CCCN2C1=NCc2nc(N3CCC4(CC3)CO[C@@H](C)[C@H]4N)cnc21. The summed E-state index contributed by atoms with van der Waals surface area (Å²) in [6.45, 7) is 8.08. The molecule has 0 unspecified atom stereocenters. The summed E-state index contributed by atoms with van der Waals surface area (Å²) >= 11 is 0. The van der Waals surface area contributed by atoms with Gasteiger partial charge in [-0.1, -0.05) is 19.1 Å². The van der Waals surface area contributed by atoms with E-state index < -0.39 is 0 Å². The van der Waals surface area contributed by atoms with Gasteiger partial charge in [0.15, 0.2) is 5.84 Å². The molecular weight excluding hydrogens is 452 g/mol. The fourth-order valence-electron chi connectivity index (χ4n) is 6.38. The van der Waals surface area contributed by atoms with Crippen molar-refractivity contribution in [2.24, 2.45) is 16.1 Å². The molecule has 2 N–H and O–H groups in total. The van der Waals surface area contributed by atoms with Crippen LogP contribution in [-0.2, 0) is 28.9 Å². The normalized spacial score (nSPS) is 24.6. The number of fused-ring (bicyclic) bond motifs is 2. The first-order chi connectivity index (χ1) is 17.5. The van der Waals surface area contributed by atoms with Crippen LogP contribution >= 0.6 is 0 Å². The molecule has 2 atom stereocenters. The van der Waals surface area contributed by atoms with E-state index in [0.717, 1.165) is 86.2 Å². The number of carbonyl (C=O) groups is 1. The summed E-state index contributed by atoms with van der Waals surface area (Å²) < 4.78 is 5.88. The van der Waals surface area contributed by atoms with Crippen LogP contribution in [0.2, 0.25) is 0 Å². The Kier molecular flexibility index (Phi) is 6.04. The Balaban J connectivity index is 1.20. The lowest BCUT2D eigenvalue weighted by molar-refractivity contribution is -0.118. The number of aromatic nitrogens is 2. The van der Waals surface area contributed by atoms with E-state index in [2.05, 4.69) is 34.9 Å². The molecule has 5 heterocycles. The molecule has 2 saturated heterocycles. The molecular formula is C28H36N6O2. The average molecular weight is 489 g/mol. The highest BCUT2D eigenvalue weighted by Gasteiger charge is 2.47. The Morgan fingerprint density at radius 2 is 2.08 bits per heavy atom. The Morgan fingerprint density at radius 3 is 2.83 bits per heavy atom. The lowest BCUT2D eigenvalue weighted by Crippen LogP contribution is -2.50. The summed E-state index contributed by atoms with van der Waals surface area (Å²) in [6.07, 6.45) is 7.19. The molecule has 4 aliphatic heterocycles. The van der Waals surface area contributed by atoms with Crippen molar-refractivity contribution >= 4 is 23.1 Å². The zero-order chi connectivity index (χ0) is 24.9. The number of rotatable bonds is 4. The first kappa shape index (κ1) is 23.6. The summed E-state index contributed by atoms with van der Waals surface area (Å²) in [5.74, 6) is 2.12. The van der Waals surface area contributed by atoms with Crippen LogP contribution in [0.25, 0.3) is 0 Å². The van der Waals surface area contributed by atoms with Gasteiger partial charge in [-0.15, -0.1) is 0 Å². The molecule has 6 rings (SSSR count). The minimum absolute atomic E-state index is 0.0958. The molecule has 36 heavy (non-hydrogen) atoms. The summed E-state index contributed by atoms with van der Waals surface area (Å²) in [6, 6.07) is 6.42. The molecule has 190 valence electrons. The lowest BCUT2D eigenvalue weighted by atomic mass is 9.73. The number of ketones is 1. The molecule has 0 radical (unpaired) electrons. The summed E-state index contributed by atoms with van der Waals surface area (Å²) in [7, 11) is 0. The number of hydrogen-bond donors (Lipinski definition) is 1. The average Bonchev–Trinajstić information content (AvgIpc) is 3.45. The summed E-state index contributed by atoms with van der Waals surface area (Å²) in [5, 5.41) is 0. The highest BCUT2D eigenvalue weighted by atomic mass is 16.5. The minimum Gasteiger partial charge on any atom is -0.376 e. The number of benzene rings is 1. The number of nitrogens with zero attached hydrogens (tertiary/aromatic N) is 5. The number of aliphatic imine (C=N–C) groups is 1. The topological polar surface area (TPSA) is 96.9 Å². The second-order valence-corrected chi connectivity index (χ2v) is 10.8. The van der Waals surface area contributed by atoms with Crippen LogP contribution < -0.4 is 15.5 Å². The van der Waals surface area contributed by atoms with Crippen LogP contribution in [0.15, 0.2) is 29.4 Å².